The quantitative estimate of drug-likeness (QED) is 0.687. The summed E-state index contributed by atoms with van der Waals surface area (Å²) in [6, 6.07) is 0.0256. The number of hydrogen-bond acceptors (Lipinski definition) is 5. The number of carbonyl (C=O) groups is 1. The largest absolute Gasteiger partial charge is 0.381 e. The van der Waals surface area contributed by atoms with Gasteiger partial charge in [0.25, 0.3) is 0 Å². The van der Waals surface area contributed by atoms with Crippen molar-refractivity contribution in [3.05, 3.63) is 0 Å². The van der Waals surface area contributed by atoms with Crippen LogP contribution in [0.5, 0.6) is 0 Å². The lowest BCUT2D eigenvalue weighted by Crippen LogP contribution is -2.53. The van der Waals surface area contributed by atoms with Crippen LogP contribution < -0.4 is 11.1 Å². The van der Waals surface area contributed by atoms with Crippen LogP contribution >= 0.6 is 0 Å². The van der Waals surface area contributed by atoms with Crippen molar-refractivity contribution in [2.45, 2.75) is 63.7 Å². The second-order valence-corrected chi connectivity index (χ2v) is 9.41. The van der Waals surface area contributed by atoms with Gasteiger partial charge in [0.2, 0.25) is 15.9 Å². The van der Waals surface area contributed by atoms with Crippen LogP contribution in [0.25, 0.3) is 0 Å². The van der Waals surface area contributed by atoms with E-state index >= 15 is 0 Å². The van der Waals surface area contributed by atoms with E-state index in [0.717, 1.165) is 0 Å². The molecule has 0 bridgehead atoms. The minimum atomic E-state index is -3.26. The lowest BCUT2D eigenvalue weighted by atomic mass is 9.81. The number of ether oxygens (including phenoxy) is 1. The Bertz CT molecular complexity index is 526. The summed E-state index contributed by atoms with van der Waals surface area (Å²) in [4.78, 5) is 12.6. The van der Waals surface area contributed by atoms with Gasteiger partial charge in [0.15, 0.2) is 0 Å². The number of amides is 1. The zero-order chi connectivity index (χ0) is 18.5. The number of carbonyl (C=O) groups excluding carboxylic acids is 1. The first-order chi connectivity index (χ1) is 11.9. The number of nitrogens with zero attached hydrogens (tertiary/aromatic N) is 1. The maximum Gasteiger partial charge on any atom is 0.227 e. The van der Waals surface area contributed by atoms with Crippen LogP contribution in [-0.4, -0.2) is 62.8 Å². The van der Waals surface area contributed by atoms with Crippen LogP contribution in [0.1, 0.15) is 52.4 Å². The Labute approximate surface area is 151 Å². The Morgan fingerprint density at radius 3 is 2.20 bits per heavy atom. The van der Waals surface area contributed by atoms with Gasteiger partial charge in [0.1, 0.15) is 0 Å². The van der Waals surface area contributed by atoms with Crippen molar-refractivity contribution in [3.63, 3.8) is 0 Å². The Morgan fingerprint density at radius 1 is 1.16 bits per heavy atom. The van der Waals surface area contributed by atoms with E-state index in [9.17, 15) is 13.2 Å². The van der Waals surface area contributed by atoms with Crippen LogP contribution in [0, 0.1) is 5.41 Å². The molecule has 2 rings (SSSR count). The number of nitrogens with two attached hydrogens (primary N) is 1. The molecule has 25 heavy (non-hydrogen) atoms. The van der Waals surface area contributed by atoms with Gasteiger partial charge in [0.05, 0.1) is 10.7 Å². The fourth-order valence-corrected chi connectivity index (χ4v) is 5.66. The highest BCUT2D eigenvalue weighted by Crippen LogP contribution is 2.27. The third kappa shape index (κ3) is 4.53. The van der Waals surface area contributed by atoms with E-state index in [2.05, 4.69) is 5.32 Å². The normalized spacial score (nSPS) is 22.0. The van der Waals surface area contributed by atoms with Crippen molar-refractivity contribution in [1.29, 1.82) is 0 Å². The molecule has 0 saturated carbocycles. The highest BCUT2D eigenvalue weighted by atomic mass is 32.2. The van der Waals surface area contributed by atoms with E-state index < -0.39 is 15.4 Å². The lowest BCUT2D eigenvalue weighted by molar-refractivity contribution is -0.132. The summed E-state index contributed by atoms with van der Waals surface area (Å²) in [5, 5.41) is 2.78. The molecule has 3 N–H and O–H groups in total. The van der Waals surface area contributed by atoms with Gasteiger partial charge in [-0.25, -0.2) is 12.7 Å². The fourth-order valence-electron chi connectivity index (χ4n) is 3.73. The van der Waals surface area contributed by atoms with Gasteiger partial charge in [-0.2, -0.15) is 0 Å². The lowest BCUT2D eigenvalue weighted by Gasteiger charge is -2.37. The van der Waals surface area contributed by atoms with Gasteiger partial charge in [0, 0.05) is 38.9 Å². The van der Waals surface area contributed by atoms with E-state index in [1.807, 2.05) is 13.8 Å². The smallest absolute Gasteiger partial charge is 0.227 e. The molecule has 0 aromatic heterocycles. The van der Waals surface area contributed by atoms with Gasteiger partial charge < -0.3 is 15.8 Å². The van der Waals surface area contributed by atoms with Gasteiger partial charge in [-0.05, 0) is 38.5 Å². The third-order valence-electron chi connectivity index (χ3n) is 5.96. The minimum absolute atomic E-state index is 0.00531. The minimum Gasteiger partial charge on any atom is -0.381 e. The van der Waals surface area contributed by atoms with Crippen molar-refractivity contribution >= 4 is 15.9 Å². The van der Waals surface area contributed by atoms with E-state index in [4.69, 9.17) is 10.5 Å². The maximum atomic E-state index is 12.7. The molecular weight excluding hydrogens is 342 g/mol. The maximum absolute atomic E-state index is 12.7. The molecule has 0 aromatic rings. The first kappa shape index (κ1) is 20.6. The molecule has 0 spiro atoms. The van der Waals surface area contributed by atoms with Crippen molar-refractivity contribution in [1.82, 2.24) is 9.62 Å². The molecule has 2 saturated heterocycles. The summed E-state index contributed by atoms with van der Waals surface area (Å²) in [6.45, 7) is 6.29. The van der Waals surface area contributed by atoms with E-state index in [0.29, 0.717) is 71.4 Å². The first-order valence-corrected chi connectivity index (χ1v) is 11.0. The average Bonchev–Trinajstić information content (AvgIpc) is 2.65. The molecule has 0 radical (unpaired) electrons. The van der Waals surface area contributed by atoms with Crippen LogP contribution in [0.3, 0.4) is 0 Å². The molecule has 0 atom stereocenters. The summed E-state index contributed by atoms with van der Waals surface area (Å²) in [5.74, 6) is 0.00531. The summed E-state index contributed by atoms with van der Waals surface area (Å²) in [5.41, 5.74) is 5.33. The molecule has 8 heteroatoms. The summed E-state index contributed by atoms with van der Waals surface area (Å²) in [6.07, 6.45) is 3.88. The topological polar surface area (TPSA) is 102 Å². The SMILES string of the molecule is CCC(CC)(CN)C(=O)NC1CCN(S(=O)(=O)C2CCOCC2)CC1. The molecule has 7 nitrogen and oxygen atoms in total. The van der Waals surface area contributed by atoms with Gasteiger partial charge >= 0.3 is 0 Å². The van der Waals surface area contributed by atoms with Crippen LogP contribution in [0.2, 0.25) is 0 Å². The second kappa shape index (κ2) is 8.79. The zero-order valence-corrected chi connectivity index (χ0v) is 16.3. The number of piperidine rings is 1. The van der Waals surface area contributed by atoms with Crippen LogP contribution in [-0.2, 0) is 19.6 Å². The molecule has 2 heterocycles. The molecule has 0 aromatic carbocycles. The second-order valence-electron chi connectivity index (χ2n) is 7.20. The molecular formula is C17H33N3O4S. The third-order valence-corrected chi connectivity index (χ3v) is 8.36. The van der Waals surface area contributed by atoms with Crippen molar-refractivity contribution in [3.8, 4) is 0 Å². The molecule has 2 aliphatic heterocycles. The Hall–Kier alpha value is -0.700. The standard InChI is InChI=1S/C17H33N3O4S/c1-3-17(4-2,13-18)16(21)19-14-5-9-20(10-6-14)25(22,23)15-7-11-24-12-8-15/h14-15H,3-13,18H2,1-2H3,(H,19,21). The Morgan fingerprint density at radius 2 is 1.72 bits per heavy atom. The van der Waals surface area contributed by atoms with Crippen molar-refractivity contribution in [2.75, 3.05) is 32.8 Å². The number of hydrogen-bond donors (Lipinski definition) is 2. The van der Waals surface area contributed by atoms with Gasteiger partial charge in [-0.15, -0.1) is 0 Å². The Balaban J connectivity index is 1.90. The molecule has 0 unspecified atom stereocenters. The zero-order valence-electron chi connectivity index (χ0n) is 15.5. The molecule has 2 aliphatic rings. The van der Waals surface area contributed by atoms with Crippen LogP contribution in [0.15, 0.2) is 0 Å². The van der Waals surface area contributed by atoms with Crippen LogP contribution in [0.4, 0.5) is 0 Å². The van der Waals surface area contributed by atoms with E-state index in [1.54, 1.807) is 4.31 Å². The summed E-state index contributed by atoms with van der Waals surface area (Å²) in [7, 11) is -3.26. The number of sulfonamides is 1. The van der Waals surface area contributed by atoms with E-state index in [-0.39, 0.29) is 17.2 Å². The van der Waals surface area contributed by atoms with Gasteiger partial charge in [-0.3, -0.25) is 4.79 Å². The number of nitrogens with one attached hydrogen (secondary N) is 1. The van der Waals surface area contributed by atoms with Crippen molar-refractivity contribution in [2.24, 2.45) is 11.1 Å². The molecule has 146 valence electrons. The predicted octanol–water partition coefficient (Wildman–Crippen LogP) is 0.841. The molecule has 1 amide bonds. The average molecular weight is 376 g/mol. The highest BCUT2D eigenvalue weighted by Gasteiger charge is 2.38. The molecule has 2 fully saturated rings. The molecule has 0 aliphatic carbocycles. The summed E-state index contributed by atoms with van der Waals surface area (Å²) >= 11 is 0. The van der Waals surface area contributed by atoms with E-state index in [1.165, 1.54) is 0 Å². The fraction of sp³-hybridized carbons (Fsp3) is 0.941. The van der Waals surface area contributed by atoms with Crippen molar-refractivity contribution < 1.29 is 17.9 Å². The monoisotopic (exact) mass is 375 g/mol. The summed E-state index contributed by atoms with van der Waals surface area (Å²) < 4.78 is 32.3. The first-order valence-electron chi connectivity index (χ1n) is 9.47. The highest BCUT2D eigenvalue weighted by molar-refractivity contribution is 7.89. The Kier molecular flexibility index (Phi) is 7.25. The number of rotatable bonds is 7. The predicted molar refractivity (Wildman–Crippen MR) is 97.6 cm³/mol. The van der Waals surface area contributed by atoms with Gasteiger partial charge in [-0.1, -0.05) is 13.8 Å².